The first-order chi connectivity index (χ1) is 16.5. The summed E-state index contributed by atoms with van der Waals surface area (Å²) in [5, 5.41) is 0.357. The van der Waals surface area contributed by atoms with Crippen molar-refractivity contribution in [3.8, 4) is 34.1 Å². The summed E-state index contributed by atoms with van der Waals surface area (Å²) in [7, 11) is 1.62. The van der Waals surface area contributed by atoms with Crippen molar-refractivity contribution in [1.82, 2.24) is 19.5 Å². The second-order valence-corrected chi connectivity index (χ2v) is 8.83. The number of pyridine rings is 2. The Kier molecular flexibility index (Phi) is 6.20. The maximum absolute atomic E-state index is 13.4. The van der Waals surface area contributed by atoms with Gasteiger partial charge in [0.25, 0.3) is 0 Å². The van der Waals surface area contributed by atoms with E-state index < -0.39 is 5.95 Å². The number of methoxy groups -OCH3 is 1. The first-order valence-corrected chi connectivity index (χ1v) is 11.5. The average Bonchev–Trinajstić information content (AvgIpc) is 3.61. The van der Waals surface area contributed by atoms with Crippen molar-refractivity contribution in [3.05, 3.63) is 77.2 Å². The molecule has 8 heteroatoms. The molecule has 6 nitrogen and oxygen atoms in total. The molecule has 1 fully saturated rings. The summed E-state index contributed by atoms with van der Waals surface area (Å²) in [5.74, 6) is 1.97. The fraction of sp³-hybridized carbons (Fsp3) is 0.269. The number of aromatic nitrogens is 4. The quantitative estimate of drug-likeness (QED) is 0.286. The number of aryl methyl sites for hydroxylation is 1. The maximum atomic E-state index is 13.4. The molecule has 3 heterocycles. The van der Waals surface area contributed by atoms with Gasteiger partial charge in [0.2, 0.25) is 5.95 Å². The molecule has 34 heavy (non-hydrogen) atoms. The molecular formula is C26H24ClFN4O2. The van der Waals surface area contributed by atoms with Gasteiger partial charge in [0.15, 0.2) is 5.15 Å². The van der Waals surface area contributed by atoms with Crippen molar-refractivity contribution < 1.29 is 13.9 Å². The molecule has 1 aromatic carbocycles. The summed E-state index contributed by atoms with van der Waals surface area (Å²) in [6.45, 7) is 3.12. The van der Waals surface area contributed by atoms with Gasteiger partial charge in [0.05, 0.1) is 18.5 Å². The zero-order valence-corrected chi connectivity index (χ0v) is 19.7. The first kappa shape index (κ1) is 22.3. The standard InChI is InChI=1S/C26H24ClFN4O2/c1-16-3-7-19(29-12-16)15-34-20-8-9-21(22(11-20)33-2)24-25(27)31-26(32(24)14-17-4-5-17)18-6-10-23(28)30-13-18/h3,6-13,17H,4-5,14-15H2,1-2H3. The molecule has 0 amide bonds. The number of hydrogen-bond donors (Lipinski definition) is 0. The van der Waals surface area contributed by atoms with Crippen LogP contribution in [-0.2, 0) is 13.2 Å². The van der Waals surface area contributed by atoms with Crippen LogP contribution in [0.15, 0.2) is 54.9 Å². The Labute approximate surface area is 202 Å². The molecule has 0 saturated heterocycles. The number of hydrogen-bond acceptors (Lipinski definition) is 5. The zero-order chi connectivity index (χ0) is 23.7. The molecule has 174 valence electrons. The lowest BCUT2D eigenvalue weighted by atomic mass is 10.1. The highest BCUT2D eigenvalue weighted by molar-refractivity contribution is 6.32. The van der Waals surface area contributed by atoms with E-state index in [1.807, 2.05) is 43.5 Å². The second-order valence-electron chi connectivity index (χ2n) is 8.48. The third kappa shape index (κ3) is 4.75. The molecule has 0 atom stereocenters. The molecule has 3 aromatic heterocycles. The maximum Gasteiger partial charge on any atom is 0.212 e. The van der Waals surface area contributed by atoms with E-state index >= 15 is 0 Å². The normalized spacial score (nSPS) is 13.2. The lowest BCUT2D eigenvalue weighted by Crippen LogP contribution is -2.06. The number of halogens is 2. The van der Waals surface area contributed by atoms with E-state index in [1.54, 1.807) is 13.2 Å². The minimum atomic E-state index is -0.534. The Morgan fingerprint density at radius 3 is 2.62 bits per heavy atom. The zero-order valence-electron chi connectivity index (χ0n) is 19.0. The van der Waals surface area contributed by atoms with E-state index in [4.69, 9.17) is 21.1 Å². The van der Waals surface area contributed by atoms with Gasteiger partial charge in [-0.2, -0.15) is 4.39 Å². The summed E-state index contributed by atoms with van der Waals surface area (Å²) in [6, 6.07) is 12.6. The van der Waals surface area contributed by atoms with E-state index in [1.165, 1.54) is 12.3 Å². The molecule has 0 spiro atoms. The van der Waals surface area contributed by atoms with Crippen LogP contribution < -0.4 is 9.47 Å². The highest BCUT2D eigenvalue weighted by Crippen LogP contribution is 2.42. The average molecular weight is 479 g/mol. The van der Waals surface area contributed by atoms with E-state index in [2.05, 4.69) is 19.5 Å². The number of rotatable bonds is 8. The Balaban J connectivity index is 1.49. The predicted octanol–water partition coefficient (Wildman–Crippen LogP) is 6.11. The van der Waals surface area contributed by atoms with Crippen LogP contribution in [-0.4, -0.2) is 26.6 Å². The van der Waals surface area contributed by atoms with Crippen LogP contribution in [0.2, 0.25) is 5.15 Å². The fourth-order valence-electron chi connectivity index (χ4n) is 3.84. The summed E-state index contributed by atoms with van der Waals surface area (Å²) >= 11 is 6.67. The van der Waals surface area contributed by atoms with E-state index in [0.717, 1.165) is 41.9 Å². The largest absolute Gasteiger partial charge is 0.496 e. The fourth-order valence-corrected chi connectivity index (χ4v) is 4.13. The molecule has 0 bridgehead atoms. The van der Waals surface area contributed by atoms with Gasteiger partial charge in [-0.25, -0.2) is 9.97 Å². The Hall–Kier alpha value is -3.45. The third-order valence-corrected chi connectivity index (χ3v) is 6.10. The van der Waals surface area contributed by atoms with Gasteiger partial charge in [-0.15, -0.1) is 0 Å². The van der Waals surface area contributed by atoms with Crippen LogP contribution >= 0.6 is 11.6 Å². The van der Waals surface area contributed by atoms with Crippen molar-refractivity contribution in [3.63, 3.8) is 0 Å². The van der Waals surface area contributed by atoms with Gasteiger partial charge < -0.3 is 14.0 Å². The van der Waals surface area contributed by atoms with Crippen LogP contribution in [0.5, 0.6) is 11.5 Å². The minimum Gasteiger partial charge on any atom is -0.496 e. The lowest BCUT2D eigenvalue weighted by Gasteiger charge is -2.15. The number of imidazole rings is 1. The van der Waals surface area contributed by atoms with E-state index in [-0.39, 0.29) is 0 Å². The summed E-state index contributed by atoms with van der Waals surface area (Å²) in [4.78, 5) is 12.8. The van der Waals surface area contributed by atoms with Gasteiger partial charge in [0, 0.05) is 36.1 Å². The van der Waals surface area contributed by atoms with Gasteiger partial charge in [-0.3, -0.25) is 4.98 Å². The highest BCUT2D eigenvalue weighted by atomic mass is 35.5. The molecule has 0 radical (unpaired) electrons. The molecule has 1 aliphatic carbocycles. The summed E-state index contributed by atoms with van der Waals surface area (Å²) in [6.07, 6.45) is 5.62. The van der Waals surface area contributed by atoms with Crippen molar-refractivity contribution in [2.75, 3.05) is 7.11 Å². The monoisotopic (exact) mass is 478 g/mol. The van der Waals surface area contributed by atoms with Gasteiger partial charge in [-0.05, 0) is 61.6 Å². The molecule has 0 aliphatic heterocycles. The highest BCUT2D eigenvalue weighted by Gasteiger charge is 2.28. The molecule has 1 saturated carbocycles. The summed E-state index contributed by atoms with van der Waals surface area (Å²) in [5.41, 5.74) is 4.22. The van der Waals surface area contributed by atoms with Gasteiger partial charge in [0.1, 0.15) is 23.9 Å². The molecule has 0 N–H and O–H groups in total. The number of benzene rings is 1. The minimum absolute atomic E-state index is 0.352. The molecule has 0 unspecified atom stereocenters. The lowest BCUT2D eigenvalue weighted by molar-refractivity contribution is 0.299. The second kappa shape index (κ2) is 9.43. The van der Waals surface area contributed by atoms with Crippen LogP contribution in [0.4, 0.5) is 4.39 Å². The first-order valence-electron chi connectivity index (χ1n) is 11.1. The number of ether oxygens (including phenoxy) is 2. The SMILES string of the molecule is COc1cc(OCc2ccc(C)cn2)ccc1-c1c(Cl)nc(-c2ccc(F)nc2)n1CC1CC1. The van der Waals surface area contributed by atoms with Crippen molar-refractivity contribution in [1.29, 1.82) is 0 Å². The Bertz CT molecular complexity index is 1300. The van der Waals surface area contributed by atoms with E-state index in [9.17, 15) is 4.39 Å². The smallest absolute Gasteiger partial charge is 0.212 e. The van der Waals surface area contributed by atoms with Crippen LogP contribution in [0.3, 0.4) is 0 Å². The Morgan fingerprint density at radius 2 is 1.94 bits per heavy atom. The predicted molar refractivity (Wildman–Crippen MR) is 128 cm³/mol. The number of nitrogens with zero attached hydrogens (tertiary/aromatic N) is 4. The van der Waals surface area contributed by atoms with E-state index in [0.29, 0.717) is 40.6 Å². The van der Waals surface area contributed by atoms with Crippen molar-refractivity contribution in [2.24, 2.45) is 5.92 Å². The van der Waals surface area contributed by atoms with Crippen molar-refractivity contribution >= 4 is 11.6 Å². The van der Waals surface area contributed by atoms with Crippen LogP contribution in [0, 0.1) is 18.8 Å². The molecule has 5 rings (SSSR count). The summed E-state index contributed by atoms with van der Waals surface area (Å²) < 4.78 is 27.1. The van der Waals surface area contributed by atoms with Crippen molar-refractivity contribution in [2.45, 2.75) is 32.9 Å². The van der Waals surface area contributed by atoms with Gasteiger partial charge >= 0.3 is 0 Å². The third-order valence-electron chi connectivity index (χ3n) is 5.84. The molecule has 4 aromatic rings. The van der Waals surface area contributed by atoms with Gasteiger partial charge in [-0.1, -0.05) is 17.7 Å². The molecule has 1 aliphatic rings. The van der Waals surface area contributed by atoms with Crippen LogP contribution in [0.1, 0.15) is 24.1 Å². The molecular weight excluding hydrogens is 455 g/mol. The Morgan fingerprint density at radius 1 is 1.09 bits per heavy atom. The van der Waals surface area contributed by atoms with Crippen LogP contribution in [0.25, 0.3) is 22.6 Å². The topological polar surface area (TPSA) is 62.1 Å².